The third kappa shape index (κ3) is 5.12. The van der Waals surface area contributed by atoms with Gasteiger partial charge < -0.3 is 5.32 Å². The smallest absolute Gasteiger partial charge is 0.224 e. The zero-order chi connectivity index (χ0) is 12.7. The minimum absolute atomic E-state index is 0.0405. The van der Waals surface area contributed by atoms with E-state index >= 15 is 0 Å². The first kappa shape index (κ1) is 13.9. The topological polar surface area (TPSA) is 29.1 Å². The lowest BCUT2D eigenvalue weighted by Gasteiger charge is -2.04. The Morgan fingerprint density at radius 3 is 2.76 bits per heavy atom. The van der Waals surface area contributed by atoms with Crippen molar-refractivity contribution in [1.82, 2.24) is 5.32 Å². The highest BCUT2D eigenvalue weighted by Gasteiger charge is 2.04. The van der Waals surface area contributed by atoms with E-state index in [2.05, 4.69) is 17.2 Å². The largest absolute Gasteiger partial charge is 0.355 e. The number of amides is 1. The normalized spacial score (nSPS) is 9.35. The van der Waals surface area contributed by atoms with Crippen LogP contribution in [-0.4, -0.2) is 12.5 Å². The molecule has 0 saturated carbocycles. The molecule has 0 fully saturated rings. The summed E-state index contributed by atoms with van der Waals surface area (Å²) in [6.45, 7) is 2.35. The number of carbonyl (C=O) groups excluding carboxylic acids is 1. The van der Waals surface area contributed by atoms with Crippen molar-refractivity contribution in [3.05, 3.63) is 33.8 Å². The lowest BCUT2D eigenvalue weighted by atomic mass is 10.1. The van der Waals surface area contributed by atoms with Crippen LogP contribution in [0.15, 0.2) is 18.2 Å². The quantitative estimate of drug-likeness (QED) is 0.661. The molecule has 0 heterocycles. The molecule has 1 amide bonds. The summed E-state index contributed by atoms with van der Waals surface area (Å²) >= 11 is 11.6. The van der Waals surface area contributed by atoms with Gasteiger partial charge in [-0.2, -0.15) is 0 Å². The first-order chi connectivity index (χ1) is 8.13. The Balaban J connectivity index is 2.44. The van der Waals surface area contributed by atoms with E-state index < -0.39 is 0 Å². The summed E-state index contributed by atoms with van der Waals surface area (Å²) in [6, 6.07) is 5.18. The zero-order valence-corrected chi connectivity index (χ0v) is 11.0. The summed E-state index contributed by atoms with van der Waals surface area (Å²) in [7, 11) is 0. The fourth-order valence-electron chi connectivity index (χ4n) is 1.29. The molecular formula is C13H13Cl2NO. The van der Waals surface area contributed by atoms with Crippen LogP contribution in [-0.2, 0) is 11.2 Å². The fourth-order valence-corrected chi connectivity index (χ4v) is 1.61. The SMILES string of the molecule is CC#CCCNC(=O)Cc1ccc(Cl)c(Cl)c1. The number of rotatable bonds is 4. The molecular weight excluding hydrogens is 257 g/mol. The van der Waals surface area contributed by atoms with Crippen LogP contribution < -0.4 is 5.32 Å². The molecule has 90 valence electrons. The van der Waals surface area contributed by atoms with Crippen LogP contribution in [0.25, 0.3) is 0 Å². The summed E-state index contributed by atoms with van der Waals surface area (Å²) in [5, 5.41) is 3.74. The number of carbonyl (C=O) groups is 1. The van der Waals surface area contributed by atoms with E-state index in [0.717, 1.165) is 5.56 Å². The van der Waals surface area contributed by atoms with Gasteiger partial charge in [0.05, 0.1) is 16.5 Å². The van der Waals surface area contributed by atoms with E-state index in [1.165, 1.54) is 0 Å². The van der Waals surface area contributed by atoms with Gasteiger partial charge in [-0.3, -0.25) is 4.79 Å². The second kappa shape index (κ2) is 7.21. The van der Waals surface area contributed by atoms with Gasteiger partial charge in [0.2, 0.25) is 5.91 Å². The van der Waals surface area contributed by atoms with Gasteiger partial charge in [-0.1, -0.05) is 29.3 Å². The minimum Gasteiger partial charge on any atom is -0.355 e. The van der Waals surface area contributed by atoms with Gasteiger partial charge in [-0.15, -0.1) is 11.8 Å². The summed E-state index contributed by atoms with van der Waals surface area (Å²) < 4.78 is 0. The third-order valence-electron chi connectivity index (χ3n) is 2.10. The highest BCUT2D eigenvalue weighted by Crippen LogP contribution is 2.22. The predicted octanol–water partition coefficient (Wildman–Crippen LogP) is 3.07. The van der Waals surface area contributed by atoms with Crippen molar-refractivity contribution in [2.75, 3.05) is 6.54 Å². The molecule has 2 nitrogen and oxygen atoms in total. The second-order valence-corrected chi connectivity index (χ2v) is 4.27. The van der Waals surface area contributed by atoms with E-state index in [4.69, 9.17) is 23.2 Å². The van der Waals surface area contributed by atoms with Crippen molar-refractivity contribution in [3.63, 3.8) is 0 Å². The lowest BCUT2D eigenvalue weighted by Crippen LogP contribution is -2.25. The van der Waals surface area contributed by atoms with Crippen LogP contribution in [0.2, 0.25) is 10.0 Å². The van der Waals surface area contributed by atoms with Crippen LogP contribution >= 0.6 is 23.2 Å². The number of benzene rings is 1. The fraction of sp³-hybridized carbons (Fsp3) is 0.308. The molecule has 1 aromatic rings. The molecule has 1 aromatic carbocycles. The number of halogens is 2. The van der Waals surface area contributed by atoms with Crippen LogP contribution in [0.1, 0.15) is 18.9 Å². The lowest BCUT2D eigenvalue weighted by molar-refractivity contribution is -0.120. The molecule has 1 N–H and O–H groups in total. The van der Waals surface area contributed by atoms with Gasteiger partial charge in [0.15, 0.2) is 0 Å². The monoisotopic (exact) mass is 269 g/mol. The molecule has 0 aromatic heterocycles. The average molecular weight is 270 g/mol. The highest BCUT2D eigenvalue weighted by atomic mass is 35.5. The van der Waals surface area contributed by atoms with E-state index in [-0.39, 0.29) is 5.91 Å². The van der Waals surface area contributed by atoms with E-state index in [0.29, 0.717) is 29.4 Å². The van der Waals surface area contributed by atoms with Crippen molar-refractivity contribution in [1.29, 1.82) is 0 Å². The Morgan fingerprint density at radius 2 is 2.12 bits per heavy atom. The molecule has 1 rings (SSSR count). The summed E-state index contributed by atoms with van der Waals surface area (Å²) in [5.74, 6) is 5.61. The average Bonchev–Trinajstić information content (AvgIpc) is 2.30. The minimum atomic E-state index is -0.0405. The van der Waals surface area contributed by atoms with Gasteiger partial charge in [0, 0.05) is 13.0 Å². The molecule has 0 aliphatic carbocycles. The predicted molar refractivity (Wildman–Crippen MR) is 71.2 cm³/mol. The standard InChI is InChI=1S/C13H13Cl2NO/c1-2-3-4-7-16-13(17)9-10-5-6-11(14)12(15)8-10/h5-6,8H,4,7,9H2,1H3,(H,16,17). The second-order valence-electron chi connectivity index (χ2n) is 3.45. The van der Waals surface area contributed by atoms with Crippen molar-refractivity contribution in [2.45, 2.75) is 19.8 Å². The van der Waals surface area contributed by atoms with Crippen LogP contribution in [0, 0.1) is 11.8 Å². The Bertz CT molecular complexity index is 460. The number of hydrogen-bond donors (Lipinski definition) is 1. The Kier molecular flexibility index (Phi) is 5.90. The van der Waals surface area contributed by atoms with Gasteiger partial charge in [0.25, 0.3) is 0 Å². The molecule has 0 atom stereocenters. The van der Waals surface area contributed by atoms with Gasteiger partial charge in [-0.25, -0.2) is 0 Å². The van der Waals surface area contributed by atoms with Gasteiger partial charge >= 0.3 is 0 Å². The Labute approximate surface area is 111 Å². The number of nitrogens with one attached hydrogen (secondary N) is 1. The highest BCUT2D eigenvalue weighted by molar-refractivity contribution is 6.42. The molecule has 17 heavy (non-hydrogen) atoms. The maximum atomic E-state index is 11.5. The Hall–Kier alpha value is -1.17. The van der Waals surface area contributed by atoms with Crippen molar-refractivity contribution in [3.8, 4) is 11.8 Å². The third-order valence-corrected chi connectivity index (χ3v) is 2.84. The van der Waals surface area contributed by atoms with E-state index in [1.807, 2.05) is 0 Å². The molecule has 0 unspecified atom stereocenters. The first-order valence-electron chi connectivity index (χ1n) is 5.23. The first-order valence-corrected chi connectivity index (χ1v) is 5.99. The molecule has 4 heteroatoms. The van der Waals surface area contributed by atoms with E-state index in [1.54, 1.807) is 25.1 Å². The van der Waals surface area contributed by atoms with Gasteiger partial charge in [-0.05, 0) is 24.6 Å². The maximum absolute atomic E-state index is 11.5. The molecule has 0 bridgehead atoms. The molecule has 0 saturated heterocycles. The van der Waals surface area contributed by atoms with Crippen LogP contribution in [0.5, 0.6) is 0 Å². The van der Waals surface area contributed by atoms with Crippen molar-refractivity contribution < 1.29 is 4.79 Å². The van der Waals surface area contributed by atoms with Gasteiger partial charge in [0.1, 0.15) is 0 Å². The summed E-state index contributed by atoms with van der Waals surface area (Å²) in [6.07, 6.45) is 0.972. The molecule has 0 radical (unpaired) electrons. The van der Waals surface area contributed by atoms with Crippen LogP contribution in [0.3, 0.4) is 0 Å². The van der Waals surface area contributed by atoms with Crippen molar-refractivity contribution >= 4 is 29.1 Å². The molecule has 0 aliphatic rings. The summed E-state index contributed by atoms with van der Waals surface area (Å²) in [5.41, 5.74) is 0.846. The molecule has 0 spiro atoms. The van der Waals surface area contributed by atoms with E-state index in [9.17, 15) is 4.79 Å². The van der Waals surface area contributed by atoms with Crippen molar-refractivity contribution in [2.24, 2.45) is 0 Å². The number of hydrogen-bond acceptors (Lipinski definition) is 1. The Morgan fingerprint density at radius 1 is 1.35 bits per heavy atom. The van der Waals surface area contributed by atoms with Crippen LogP contribution in [0.4, 0.5) is 0 Å². The zero-order valence-electron chi connectivity index (χ0n) is 9.52. The summed E-state index contributed by atoms with van der Waals surface area (Å²) in [4.78, 5) is 11.5. The molecule has 0 aliphatic heterocycles. The maximum Gasteiger partial charge on any atom is 0.224 e.